The molecule has 2 N–H and O–H groups in total. The summed E-state index contributed by atoms with van der Waals surface area (Å²) in [6.07, 6.45) is 3.83. The fourth-order valence-corrected chi connectivity index (χ4v) is 3.41. The minimum absolute atomic E-state index is 0.115. The summed E-state index contributed by atoms with van der Waals surface area (Å²) in [6.45, 7) is 7.85. The van der Waals surface area contributed by atoms with Gasteiger partial charge in [-0.1, -0.05) is 18.6 Å². The smallest absolute Gasteiger partial charge is 0.277 e. The number of nitrogens with zero attached hydrogens (tertiary/aromatic N) is 2. The molecule has 2 heterocycles. The van der Waals surface area contributed by atoms with Gasteiger partial charge in [-0.15, -0.1) is 0 Å². The number of aryl methyl sites for hydroxylation is 1. The second-order valence-electron chi connectivity index (χ2n) is 7.10. The maximum absolute atomic E-state index is 12.5. The summed E-state index contributed by atoms with van der Waals surface area (Å²) >= 11 is 0. The molecule has 1 aliphatic rings. The average Bonchev–Trinajstić information content (AvgIpc) is 2.62. The molecule has 1 saturated heterocycles. The number of hydrogen-bond donors (Lipinski definition) is 2. The number of carbonyl (C=O) groups is 1. The van der Waals surface area contributed by atoms with Crippen LogP contribution >= 0.6 is 0 Å². The number of anilines is 1. The Kier molecular flexibility index (Phi) is 5.52. The molecule has 2 aromatic rings. The highest BCUT2D eigenvalue weighted by Gasteiger charge is 2.19. The molecule has 3 rings (SSSR count). The van der Waals surface area contributed by atoms with Crippen LogP contribution in [0.5, 0.6) is 0 Å². The van der Waals surface area contributed by atoms with Crippen molar-refractivity contribution in [3.63, 3.8) is 0 Å². The van der Waals surface area contributed by atoms with Gasteiger partial charge in [-0.05, 0) is 63.4 Å². The van der Waals surface area contributed by atoms with Crippen molar-refractivity contribution < 1.29 is 4.79 Å². The van der Waals surface area contributed by atoms with Crippen molar-refractivity contribution in [2.45, 2.75) is 52.6 Å². The minimum atomic E-state index is -0.471. The van der Waals surface area contributed by atoms with Crippen LogP contribution in [0.3, 0.4) is 0 Å². The molecule has 0 saturated carbocycles. The Bertz CT molecular complexity index is 842. The summed E-state index contributed by atoms with van der Waals surface area (Å²) in [5, 5.41) is 9.05. The number of piperidine rings is 1. The Morgan fingerprint density at radius 2 is 2.00 bits per heavy atom. The van der Waals surface area contributed by atoms with E-state index in [0.29, 0.717) is 23.0 Å². The van der Waals surface area contributed by atoms with Gasteiger partial charge >= 0.3 is 0 Å². The number of carbonyl (C=O) groups excluding carboxylic acids is 1. The van der Waals surface area contributed by atoms with E-state index in [2.05, 4.69) is 27.3 Å². The Morgan fingerprint density at radius 1 is 1.27 bits per heavy atom. The molecule has 1 aromatic carbocycles. The van der Waals surface area contributed by atoms with E-state index in [4.69, 9.17) is 0 Å². The number of nitrogens with one attached hydrogen (secondary N) is 2. The van der Waals surface area contributed by atoms with E-state index in [9.17, 15) is 9.59 Å². The fraction of sp³-hybridized carbons (Fsp3) is 0.450. The largest absolute Gasteiger partial charge is 0.322 e. The van der Waals surface area contributed by atoms with E-state index < -0.39 is 11.5 Å². The van der Waals surface area contributed by atoms with Gasteiger partial charge in [0.05, 0.1) is 5.69 Å². The number of aromatic amines is 1. The first-order valence-corrected chi connectivity index (χ1v) is 9.16. The van der Waals surface area contributed by atoms with Crippen LogP contribution in [0.25, 0.3) is 0 Å². The Hall–Kier alpha value is -2.47. The first-order valence-electron chi connectivity index (χ1n) is 9.16. The molecule has 0 radical (unpaired) electrons. The van der Waals surface area contributed by atoms with E-state index in [1.54, 1.807) is 13.8 Å². The van der Waals surface area contributed by atoms with Gasteiger partial charge in [0.15, 0.2) is 0 Å². The zero-order valence-corrected chi connectivity index (χ0v) is 15.6. The molecule has 0 spiro atoms. The van der Waals surface area contributed by atoms with Crippen LogP contribution in [0.1, 0.15) is 53.4 Å². The molecule has 1 aliphatic heterocycles. The van der Waals surface area contributed by atoms with E-state index in [0.717, 1.165) is 13.1 Å². The van der Waals surface area contributed by atoms with Crippen LogP contribution in [0.4, 0.5) is 5.69 Å². The van der Waals surface area contributed by atoms with E-state index in [1.165, 1.54) is 24.8 Å². The molecule has 6 heteroatoms. The Balaban J connectivity index is 1.69. The number of rotatable bonds is 4. The molecule has 0 aliphatic carbocycles. The summed E-state index contributed by atoms with van der Waals surface area (Å²) in [7, 11) is 0. The van der Waals surface area contributed by atoms with Gasteiger partial charge in [0.25, 0.3) is 11.5 Å². The maximum atomic E-state index is 12.5. The Morgan fingerprint density at radius 3 is 2.69 bits per heavy atom. The summed E-state index contributed by atoms with van der Waals surface area (Å²) in [5.74, 6) is -0.411. The summed E-state index contributed by atoms with van der Waals surface area (Å²) in [4.78, 5) is 26.9. The van der Waals surface area contributed by atoms with Crippen LogP contribution in [0, 0.1) is 13.8 Å². The number of likely N-dealkylation sites (tertiary alicyclic amines) is 1. The molecule has 6 nitrogen and oxygen atoms in total. The first kappa shape index (κ1) is 18.3. The van der Waals surface area contributed by atoms with Crippen LogP contribution in [0.2, 0.25) is 0 Å². The lowest BCUT2D eigenvalue weighted by Crippen LogP contribution is -2.36. The molecule has 1 aromatic heterocycles. The van der Waals surface area contributed by atoms with Crippen molar-refractivity contribution in [1.82, 2.24) is 15.1 Å². The van der Waals surface area contributed by atoms with E-state index >= 15 is 0 Å². The molecule has 1 fully saturated rings. The SMILES string of the molecule is Cc1n[nH]c(=O)c(C(=O)Nc2ccc(CN3CCCCC3C)cc2)c1C. The Labute approximate surface area is 153 Å². The monoisotopic (exact) mass is 354 g/mol. The second kappa shape index (κ2) is 7.83. The molecule has 138 valence electrons. The molecule has 1 atom stereocenters. The van der Waals surface area contributed by atoms with E-state index in [-0.39, 0.29) is 5.56 Å². The topological polar surface area (TPSA) is 78.1 Å². The van der Waals surface area contributed by atoms with Crippen molar-refractivity contribution in [3.05, 3.63) is 57.0 Å². The van der Waals surface area contributed by atoms with E-state index in [1.807, 2.05) is 24.3 Å². The number of hydrogen-bond acceptors (Lipinski definition) is 4. The van der Waals surface area contributed by atoms with Crippen LogP contribution in [-0.4, -0.2) is 33.6 Å². The zero-order valence-electron chi connectivity index (χ0n) is 15.6. The lowest BCUT2D eigenvalue weighted by atomic mass is 10.0. The third kappa shape index (κ3) is 4.02. The van der Waals surface area contributed by atoms with Gasteiger partial charge < -0.3 is 5.32 Å². The quantitative estimate of drug-likeness (QED) is 0.885. The lowest BCUT2D eigenvalue weighted by molar-refractivity contribution is 0.102. The zero-order chi connectivity index (χ0) is 18.7. The highest BCUT2D eigenvalue weighted by atomic mass is 16.2. The van der Waals surface area contributed by atoms with Gasteiger partial charge in [0.2, 0.25) is 0 Å². The highest BCUT2D eigenvalue weighted by Crippen LogP contribution is 2.20. The van der Waals surface area contributed by atoms with Gasteiger partial charge in [0, 0.05) is 18.3 Å². The highest BCUT2D eigenvalue weighted by molar-refractivity contribution is 6.05. The lowest BCUT2D eigenvalue weighted by Gasteiger charge is -2.33. The maximum Gasteiger partial charge on any atom is 0.277 e. The number of amides is 1. The van der Waals surface area contributed by atoms with Crippen molar-refractivity contribution in [2.24, 2.45) is 0 Å². The number of aromatic nitrogens is 2. The normalized spacial score (nSPS) is 17.9. The molecule has 1 unspecified atom stereocenters. The summed E-state index contributed by atoms with van der Waals surface area (Å²) in [6, 6.07) is 8.46. The standard InChI is InChI=1S/C20H26N4O2/c1-13-6-4-5-11-24(13)12-16-7-9-17(10-8-16)21-19(25)18-14(2)15(3)22-23-20(18)26/h7-10,13H,4-6,11-12H2,1-3H3,(H,21,25)(H,23,26). The third-order valence-corrected chi connectivity index (χ3v) is 5.24. The van der Waals surface area contributed by atoms with Crippen LogP contribution in [0.15, 0.2) is 29.1 Å². The van der Waals surface area contributed by atoms with Gasteiger partial charge in [0.1, 0.15) is 5.56 Å². The minimum Gasteiger partial charge on any atom is -0.322 e. The first-order chi connectivity index (χ1) is 12.5. The molecule has 1 amide bonds. The van der Waals surface area contributed by atoms with Crippen molar-refractivity contribution in [2.75, 3.05) is 11.9 Å². The predicted molar refractivity (Wildman–Crippen MR) is 102 cm³/mol. The number of H-pyrrole nitrogens is 1. The van der Waals surface area contributed by atoms with Gasteiger partial charge in [-0.3, -0.25) is 14.5 Å². The fourth-order valence-electron chi connectivity index (χ4n) is 3.41. The molecular formula is C20H26N4O2. The predicted octanol–water partition coefficient (Wildman–Crippen LogP) is 3.01. The van der Waals surface area contributed by atoms with Gasteiger partial charge in [-0.25, -0.2) is 5.10 Å². The van der Waals surface area contributed by atoms with Crippen molar-refractivity contribution >= 4 is 11.6 Å². The number of benzene rings is 1. The van der Waals surface area contributed by atoms with Crippen LogP contribution < -0.4 is 10.9 Å². The molecule has 26 heavy (non-hydrogen) atoms. The summed E-state index contributed by atoms with van der Waals surface area (Å²) < 4.78 is 0. The van der Waals surface area contributed by atoms with Crippen molar-refractivity contribution in [1.29, 1.82) is 0 Å². The molecular weight excluding hydrogens is 328 g/mol. The van der Waals surface area contributed by atoms with Gasteiger partial charge in [-0.2, -0.15) is 5.10 Å². The van der Waals surface area contributed by atoms with Crippen LogP contribution in [-0.2, 0) is 6.54 Å². The molecule has 0 bridgehead atoms. The summed E-state index contributed by atoms with van der Waals surface area (Å²) in [5.41, 5.74) is 2.79. The second-order valence-corrected chi connectivity index (χ2v) is 7.10. The third-order valence-electron chi connectivity index (χ3n) is 5.24. The average molecular weight is 354 g/mol. The van der Waals surface area contributed by atoms with Crippen molar-refractivity contribution in [3.8, 4) is 0 Å².